The van der Waals surface area contributed by atoms with Crippen molar-refractivity contribution < 1.29 is 19.1 Å². The topological polar surface area (TPSA) is 76.7 Å². The summed E-state index contributed by atoms with van der Waals surface area (Å²) >= 11 is 0. The van der Waals surface area contributed by atoms with E-state index in [2.05, 4.69) is 15.4 Å². The van der Waals surface area contributed by atoms with E-state index in [-0.39, 0.29) is 0 Å². The number of rotatable bonds is 4. The number of benzene rings is 1. The van der Waals surface area contributed by atoms with Gasteiger partial charge in [0.15, 0.2) is 0 Å². The molecule has 0 radical (unpaired) electrons. The summed E-state index contributed by atoms with van der Waals surface area (Å²) in [5, 5.41) is 5.04. The molecular formula is C12H16N2O4. The summed E-state index contributed by atoms with van der Waals surface area (Å²) in [4.78, 5) is 22.7. The molecule has 0 bridgehead atoms. The maximum absolute atomic E-state index is 11.6. The molecule has 1 aromatic carbocycles. The Labute approximate surface area is 105 Å². The van der Waals surface area contributed by atoms with Gasteiger partial charge in [-0.3, -0.25) is 0 Å². The summed E-state index contributed by atoms with van der Waals surface area (Å²) in [6, 6.07) is 5.70. The predicted molar refractivity (Wildman–Crippen MR) is 66.6 cm³/mol. The van der Waals surface area contributed by atoms with E-state index in [0.717, 1.165) is 0 Å². The smallest absolute Gasteiger partial charge is 0.328 e. The molecule has 0 saturated carbocycles. The lowest BCUT2D eigenvalue weighted by Crippen LogP contribution is -2.41. The molecule has 98 valence electrons. The predicted octanol–water partition coefficient (Wildman–Crippen LogP) is 1.38. The van der Waals surface area contributed by atoms with Crippen molar-refractivity contribution in [2.45, 2.75) is 13.0 Å². The van der Waals surface area contributed by atoms with Crippen LogP contribution >= 0.6 is 0 Å². The van der Waals surface area contributed by atoms with Crippen LogP contribution in [-0.4, -0.2) is 32.3 Å². The molecule has 6 heteroatoms. The van der Waals surface area contributed by atoms with Crippen molar-refractivity contribution in [1.29, 1.82) is 0 Å². The summed E-state index contributed by atoms with van der Waals surface area (Å²) in [5.41, 5.74) is 0.573. The fourth-order valence-corrected chi connectivity index (χ4v) is 1.30. The van der Waals surface area contributed by atoms with Gasteiger partial charge < -0.3 is 20.1 Å². The van der Waals surface area contributed by atoms with Crippen LogP contribution in [0, 0.1) is 0 Å². The highest BCUT2D eigenvalue weighted by atomic mass is 16.5. The van der Waals surface area contributed by atoms with Crippen LogP contribution in [0.2, 0.25) is 0 Å². The summed E-state index contributed by atoms with van der Waals surface area (Å²) in [6.07, 6.45) is 0. The van der Waals surface area contributed by atoms with Crippen LogP contribution < -0.4 is 15.4 Å². The van der Waals surface area contributed by atoms with Crippen molar-refractivity contribution in [2.24, 2.45) is 0 Å². The molecule has 1 rings (SSSR count). The number of carbonyl (C=O) groups is 2. The van der Waals surface area contributed by atoms with Gasteiger partial charge >= 0.3 is 12.0 Å². The van der Waals surface area contributed by atoms with Crippen LogP contribution in [0.1, 0.15) is 6.92 Å². The summed E-state index contributed by atoms with van der Waals surface area (Å²) < 4.78 is 9.53. The third kappa shape index (κ3) is 3.97. The normalized spacial score (nSPS) is 11.3. The SMILES string of the molecule is COC(=O)[C@@H](C)NC(=O)Nc1cccc(OC)c1. The lowest BCUT2D eigenvalue weighted by molar-refractivity contribution is -0.142. The fraction of sp³-hybridized carbons (Fsp3) is 0.333. The van der Waals surface area contributed by atoms with E-state index < -0.39 is 18.0 Å². The van der Waals surface area contributed by atoms with E-state index in [1.54, 1.807) is 31.4 Å². The minimum atomic E-state index is -0.708. The number of esters is 1. The first-order valence-electron chi connectivity index (χ1n) is 5.36. The number of ether oxygens (including phenoxy) is 2. The van der Waals surface area contributed by atoms with Gasteiger partial charge in [-0.2, -0.15) is 0 Å². The number of hydrogen-bond acceptors (Lipinski definition) is 4. The molecule has 0 saturated heterocycles. The molecule has 6 nitrogen and oxygen atoms in total. The zero-order valence-corrected chi connectivity index (χ0v) is 10.5. The highest BCUT2D eigenvalue weighted by Crippen LogP contribution is 2.16. The number of carbonyl (C=O) groups excluding carboxylic acids is 2. The molecule has 2 N–H and O–H groups in total. The molecule has 0 spiro atoms. The molecule has 0 aliphatic carbocycles. The molecular weight excluding hydrogens is 236 g/mol. The molecule has 1 atom stereocenters. The largest absolute Gasteiger partial charge is 0.497 e. The van der Waals surface area contributed by atoms with Crippen molar-refractivity contribution >= 4 is 17.7 Å². The van der Waals surface area contributed by atoms with Gasteiger partial charge in [-0.05, 0) is 19.1 Å². The molecule has 1 aromatic rings. The van der Waals surface area contributed by atoms with Crippen molar-refractivity contribution in [3.8, 4) is 5.75 Å². The van der Waals surface area contributed by atoms with Crippen molar-refractivity contribution in [1.82, 2.24) is 5.32 Å². The third-order valence-corrected chi connectivity index (χ3v) is 2.23. The molecule has 0 heterocycles. The number of hydrogen-bond donors (Lipinski definition) is 2. The Morgan fingerprint density at radius 3 is 2.61 bits per heavy atom. The Balaban J connectivity index is 2.56. The Hall–Kier alpha value is -2.24. The highest BCUT2D eigenvalue weighted by Gasteiger charge is 2.15. The van der Waals surface area contributed by atoms with E-state index >= 15 is 0 Å². The second kappa shape index (κ2) is 6.48. The zero-order chi connectivity index (χ0) is 13.5. The van der Waals surface area contributed by atoms with Crippen molar-refractivity contribution in [3.63, 3.8) is 0 Å². The van der Waals surface area contributed by atoms with Crippen molar-refractivity contribution in [2.75, 3.05) is 19.5 Å². The minimum Gasteiger partial charge on any atom is -0.497 e. The van der Waals surface area contributed by atoms with Gasteiger partial charge in [-0.25, -0.2) is 9.59 Å². The summed E-state index contributed by atoms with van der Waals surface area (Å²) in [6.45, 7) is 1.54. The van der Waals surface area contributed by atoms with Crippen LogP contribution in [0.15, 0.2) is 24.3 Å². The van der Waals surface area contributed by atoms with E-state index in [0.29, 0.717) is 11.4 Å². The average Bonchev–Trinajstić information content (AvgIpc) is 2.37. The molecule has 2 amide bonds. The van der Waals surface area contributed by atoms with E-state index in [1.165, 1.54) is 14.0 Å². The van der Waals surface area contributed by atoms with Crippen LogP contribution in [0.3, 0.4) is 0 Å². The lowest BCUT2D eigenvalue weighted by atomic mass is 10.3. The standard InChI is InChI=1S/C12H16N2O4/c1-8(11(15)18-3)13-12(16)14-9-5-4-6-10(7-9)17-2/h4-8H,1-3H3,(H2,13,14,16)/t8-/m1/s1. The third-order valence-electron chi connectivity index (χ3n) is 2.23. The van der Waals surface area contributed by atoms with E-state index in [4.69, 9.17) is 4.74 Å². The van der Waals surface area contributed by atoms with Crippen LogP contribution in [0.5, 0.6) is 5.75 Å². The first-order chi connectivity index (χ1) is 8.56. The Morgan fingerprint density at radius 2 is 2.00 bits per heavy atom. The Morgan fingerprint density at radius 1 is 1.28 bits per heavy atom. The van der Waals surface area contributed by atoms with Crippen molar-refractivity contribution in [3.05, 3.63) is 24.3 Å². The minimum absolute atomic E-state index is 0.485. The van der Waals surface area contributed by atoms with Gasteiger partial charge in [0.25, 0.3) is 0 Å². The fourth-order valence-electron chi connectivity index (χ4n) is 1.30. The number of nitrogens with one attached hydrogen (secondary N) is 2. The van der Waals surface area contributed by atoms with Crippen LogP contribution in [0.25, 0.3) is 0 Å². The molecule has 18 heavy (non-hydrogen) atoms. The van der Waals surface area contributed by atoms with Crippen LogP contribution in [0.4, 0.5) is 10.5 Å². The average molecular weight is 252 g/mol. The number of amides is 2. The van der Waals surface area contributed by atoms with Gasteiger partial charge in [0.05, 0.1) is 14.2 Å². The van der Waals surface area contributed by atoms with Gasteiger partial charge in [-0.15, -0.1) is 0 Å². The quantitative estimate of drug-likeness (QED) is 0.794. The molecule has 0 aromatic heterocycles. The first-order valence-corrected chi connectivity index (χ1v) is 5.36. The van der Waals surface area contributed by atoms with Crippen LogP contribution in [-0.2, 0) is 9.53 Å². The maximum Gasteiger partial charge on any atom is 0.328 e. The second-order valence-electron chi connectivity index (χ2n) is 3.58. The zero-order valence-electron chi connectivity index (χ0n) is 10.5. The molecule has 0 aliphatic heterocycles. The molecule has 0 fully saturated rings. The van der Waals surface area contributed by atoms with Gasteiger partial charge in [-0.1, -0.05) is 6.07 Å². The Bertz CT molecular complexity index is 434. The molecule has 0 unspecified atom stereocenters. The summed E-state index contributed by atoms with van der Waals surface area (Å²) in [7, 11) is 2.80. The van der Waals surface area contributed by atoms with E-state index in [9.17, 15) is 9.59 Å². The maximum atomic E-state index is 11.6. The number of urea groups is 1. The second-order valence-corrected chi connectivity index (χ2v) is 3.58. The first kappa shape index (κ1) is 13.8. The highest BCUT2D eigenvalue weighted by molar-refractivity contribution is 5.92. The number of anilines is 1. The van der Waals surface area contributed by atoms with Gasteiger partial charge in [0.2, 0.25) is 0 Å². The Kier molecular flexibility index (Phi) is 4.98. The lowest BCUT2D eigenvalue weighted by Gasteiger charge is -2.12. The van der Waals surface area contributed by atoms with Gasteiger partial charge in [0, 0.05) is 11.8 Å². The summed E-state index contributed by atoms with van der Waals surface area (Å²) in [5.74, 6) is 0.129. The molecule has 0 aliphatic rings. The van der Waals surface area contributed by atoms with E-state index in [1.807, 2.05) is 0 Å². The van der Waals surface area contributed by atoms with Gasteiger partial charge in [0.1, 0.15) is 11.8 Å². The monoisotopic (exact) mass is 252 g/mol. The number of methoxy groups -OCH3 is 2.